The highest BCUT2D eigenvalue weighted by atomic mass is 35.5. The Labute approximate surface area is 137 Å². The fourth-order valence-electron chi connectivity index (χ4n) is 2.74. The monoisotopic (exact) mass is 309 g/mol. The summed E-state index contributed by atoms with van der Waals surface area (Å²) >= 11 is 6.03. The number of hydrogen-bond acceptors (Lipinski definition) is 1. The second-order valence-electron chi connectivity index (χ2n) is 5.92. The molecule has 22 heavy (non-hydrogen) atoms. The summed E-state index contributed by atoms with van der Waals surface area (Å²) < 4.78 is 0. The van der Waals surface area contributed by atoms with E-state index < -0.39 is 0 Å². The van der Waals surface area contributed by atoms with E-state index in [1.165, 1.54) is 27.5 Å². The number of likely N-dealkylation sites (N-methyl/N-ethyl adjacent to an activating group) is 1. The lowest BCUT2D eigenvalue weighted by Crippen LogP contribution is -2.15. The molecular formula is C20H20ClN. The number of fused-ring (bicyclic) bond motifs is 1. The normalized spacial score (nSPS) is 11.3. The maximum absolute atomic E-state index is 6.03. The minimum atomic E-state index is 0.775. The number of hydrogen-bond donors (Lipinski definition) is 0. The van der Waals surface area contributed by atoms with Crippen LogP contribution in [-0.4, -0.2) is 25.5 Å². The summed E-state index contributed by atoms with van der Waals surface area (Å²) in [6.07, 6.45) is 1.05. The first kappa shape index (κ1) is 15.1. The molecule has 112 valence electrons. The van der Waals surface area contributed by atoms with Gasteiger partial charge in [-0.3, -0.25) is 0 Å². The summed E-state index contributed by atoms with van der Waals surface area (Å²) in [4.78, 5) is 2.22. The lowest BCUT2D eigenvalue weighted by molar-refractivity contribution is 0.414. The molecule has 0 bridgehead atoms. The predicted molar refractivity (Wildman–Crippen MR) is 96.7 cm³/mol. The smallest absolute Gasteiger partial charge is 0.0406 e. The van der Waals surface area contributed by atoms with Gasteiger partial charge in [-0.05, 0) is 60.1 Å². The van der Waals surface area contributed by atoms with Crippen molar-refractivity contribution in [3.63, 3.8) is 0 Å². The Morgan fingerprint density at radius 2 is 1.64 bits per heavy atom. The van der Waals surface area contributed by atoms with Crippen LogP contribution in [0.25, 0.3) is 21.9 Å². The third-order valence-electron chi connectivity index (χ3n) is 3.92. The molecule has 0 aliphatic carbocycles. The van der Waals surface area contributed by atoms with Crippen molar-refractivity contribution in [1.82, 2.24) is 4.90 Å². The summed E-state index contributed by atoms with van der Waals surface area (Å²) in [6, 6.07) is 21.3. The van der Waals surface area contributed by atoms with Crippen molar-refractivity contribution < 1.29 is 0 Å². The lowest BCUT2D eigenvalue weighted by Gasteiger charge is -2.13. The molecular weight excluding hydrogens is 290 g/mol. The molecule has 2 heteroatoms. The van der Waals surface area contributed by atoms with Crippen molar-refractivity contribution >= 4 is 22.4 Å². The molecule has 0 fully saturated rings. The Hall–Kier alpha value is -1.83. The zero-order chi connectivity index (χ0) is 15.5. The second kappa shape index (κ2) is 6.51. The summed E-state index contributed by atoms with van der Waals surface area (Å²) in [5, 5.41) is 3.36. The van der Waals surface area contributed by atoms with Crippen molar-refractivity contribution in [1.29, 1.82) is 0 Å². The first-order chi connectivity index (χ1) is 10.6. The van der Waals surface area contributed by atoms with Gasteiger partial charge in [0.15, 0.2) is 0 Å². The van der Waals surface area contributed by atoms with Crippen LogP contribution in [-0.2, 0) is 6.42 Å². The van der Waals surface area contributed by atoms with E-state index in [1.54, 1.807) is 0 Å². The molecule has 0 aromatic heterocycles. The van der Waals surface area contributed by atoms with E-state index >= 15 is 0 Å². The van der Waals surface area contributed by atoms with Gasteiger partial charge in [-0.2, -0.15) is 0 Å². The Kier molecular flexibility index (Phi) is 4.47. The van der Waals surface area contributed by atoms with Crippen molar-refractivity contribution in [2.45, 2.75) is 6.42 Å². The van der Waals surface area contributed by atoms with Crippen LogP contribution < -0.4 is 0 Å². The van der Waals surface area contributed by atoms with E-state index in [1.807, 2.05) is 12.1 Å². The Morgan fingerprint density at radius 1 is 0.909 bits per heavy atom. The molecule has 0 heterocycles. The van der Waals surface area contributed by atoms with Crippen molar-refractivity contribution in [3.05, 3.63) is 71.2 Å². The first-order valence-electron chi connectivity index (χ1n) is 7.56. The molecule has 0 saturated carbocycles. The molecule has 0 aliphatic heterocycles. The molecule has 0 unspecified atom stereocenters. The quantitative estimate of drug-likeness (QED) is 0.635. The van der Waals surface area contributed by atoms with Gasteiger partial charge in [-0.15, -0.1) is 0 Å². The Balaban J connectivity index is 2.11. The Morgan fingerprint density at radius 3 is 2.36 bits per heavy atom. The number of rotatable bonds is 4. The van der Waals surface area contributed by atoms with Gasteiger partial charge in [0, 0.05) is 11.6 Å². The summed E-state index contributed by atoms with van der Waals surface area (Å²) in [5.41, 5.74) is 3.87. The van der Waals surface area contributed by atoms with Crippen LogP contribution in [0.2, 0.25) is 5.02 Å². The van der Waals surface area contributed by atoms with Crippen LogP contribution in [0.15, 0.2) is 60.7 Å². The average Bonchev–Trinajstić information content (AvgIpc) is 2.53. The third kappa shape index (κ3) is 3.32. The summed E-state index contributed by atoms with van der Waals surface area (Å²) in [7, 11) is 4.22. The molecule has 0 atom stereocenters. The molecule has 0 amide bonds. The van der Waals surface area contributed by atoms with Gasteiger partial charge < -0.3 is 4.90 Å². The van der Waals surface area contributed by atoms with E-state index in [0.717, 1.165) is 18.0 Å². The molecule has 0 N–H and O–H groups in total. The van der Waals surface area contributed by atoms with Crippen molar-refractivity contribution in [2.75, 3.05) is 20.6 Å². The minimum Gasteiger partial charge on any atom is -0.309 e. The van der Waals surface area contributed by atoms with Crippen LogP contribution in [0.1, 0.15) is 5.56 Å². The molecule has 0 spiro atoms. The molecule has 3 rings (SSSR count). The zero-order valence-corrected chi connectivity index (χ0v) is 13.8. The van der Waals surface area contributed by atoms with Gasteiger partial charge in [0.25, 0.3) is 0 Å². The highest BCUT2D eigenvalue weighted by Gasteiger charge is 2.07. The van der Waals surface area contributed by atoms with Crippen LogP contribution in [0, 0.1) is 0 Å². The van der Waals surface area contributed by atoms with Gasteiger partial charge in [-0.25, -0.2) is 0 Å². The SMILES string of the molecule is CN(C)CCc1cc(-c2ccc(Cl)cc2)c2ccccc2c1. The van der Waals surface area contributed by atoms with Crippen molar-refractivity contribution in [2.24, 2.45) is 0 Å². The number of nitrogens with zero attached hydrogens (tertiary/aromatic N) is 1. The minimum absolute atomic E-state index is 0.775. The van der Waals surface area contributed by atoms with E-state index in [0.29, 0.717) is 0 Å². The van der Waals surface area contributed by atoms with Crippen molar-refractivity contribution in [3.8, 4) is 11.1 Å². The van der Waals surface area contributed by atoms with E-state index in [2.05, 4.69) is 67.5 Å². The topological polar surface area (TPSA) is 3.24 Å². The van der Waals surface area contributed by atoms with E-state index in [4.69, 9.17) is 11.6 Å². The van der Waals surface area contributed by atoms with E-state index in [9.17, 15) is 0 Å². The van der Waals surface area contributed by atoms with Crippen LogP contribution in [0.3, 0.4) is 0 Å². The highest BCUT2D eigenvalue weighted by Crippen LogP contribution is 2.31. The van der Waals surface area contributed by atoms with Crippen LogP contribution in [0.5, 0.6) is 0 Å². The maximum atomic E-state index is 6.03. The molecule has 3 aromatic carbocycles. The van der Waals surface area contributed by atoms with Gasteiger partial charge in [0.05, 0.1) is 0 Å². The second-order valence-corrected chi connectivity index (χ2v) is 6.36. The van der Waals surface area contributed by atoms with Crippen LogP contribution >= 0.6 is 11.6 Å². The first-order valence-corrected chi connectivity index (χ1v) is 7.93. The zero-order valence-electron chi connectivity index (χ0n) is 13.0. The predicted octanol–water partition coefficient (Wildman–Crippen LogP) is 5.26. The Bertz CT molecular complexity index is 775. The van der Waals surface area contributed by atoms with Gasteiger partial charge >= 0.3 is 0 Å². The maximum Gasteiger partial charge on any atom is 0.0406 e. The van der Waals surface area contributed by atoms with Gasteiger partial charge in [-0.1, -0.05) is 60.1 Å². The van der Waals surface area contributed by atoms with E-state index in [-0.39, 0.29) is 0 Å². The lowest BCUT2D eigenvalue weighted by atomic mass is 9.94. The van der Waals surface area contributed by atoms with Gasteiger partial charge in [0.1, 0.15) is 0 Å². The highest BCUT2D eigenvalue weighted by molar-refractivity contribution is 6.30. The number of benzene rings is 3. The summed E-state index contributed by atoms with van der Waals surface area (Å²) in [6.45, 7) is 1.05. The van der Waals surface area contributed by atoms with Crippen LogP contribution in [0.4, 0.5) is 0 Å². The average molecular weight is 310 g/mol. The third-order valence-corrected chi connectivity index (χ3v) is 4.18. The molecule has 0 aliphatic rings. The largest absolute Gasteiger partial charge is 0.309 e. The molecule has 1 nitrogen and oxygen atoms in total. The van der Waals surface area contributed by atoms with Gasteiger partial charge in [0.2, 0.25) is 0 Å². The molecule has 0 radical (unpaired) electrons. The molecule has 3 aromatic rings. The standard InChI is InChI=1S/C20H20ClN/c1-22(2)12-11-15-13-17-5-3-4-6-19(17)20(14-15)16-7-9-18(21)10-8-16/h3-10,13-14H,11-12H2,1-2H3. The summed E-state index contributed by atoms with van der Waals surface area (Å²) in [5.74, 6) is 0. The fraction of sp³-hybridized carbons (Fsp3) is 0.200. The number of halogens is 1. The molecule has 0 saturated heterocycles. The fourth-order valence-corrected chi connectivity index (χ4v) is 2.86.